The minimum absolute atomic E-state index is 0.268. The third-order valence-electron chi connectivity index (χ3n) is 1.54. The van der Waals surface area contributed by atoms with Crippen molar-refractivity contribution in [2.75, 3.05) is 6.61 Å². The fraction of sp³-hybridized carbons (Fsp3) is 0.300. The lowest BCUT2D eigenvalue weighted by molar-refractivity contribution is 0.0505. The van der Waals surface area contributed by atoms with Gasteiger partial charge in [0.15, 0.2) is 0 Å². The highest BCUT2D eigenvalue weighted by Crippen LogP contribution is 2.08. The summed E-state index contributed by atoms with van der Waals surface area (Å²) in [6, 6.07) is 6.96. The average molecular weight is 196 g/mol. The maximum absolute atomic E-state index is 11.3. The number of ether oxygens (including phenoxy) is 1. The van der Waals surface area contributed by atoms with Crippen molar-refractivity contribution >= 4 is 18.6 Å². The molecule has 2 nitrogen and oxygen atoms in total. The molecule has 0 N–H and O–H groups in total. The van der Waals surface area contributed by atoms with Crippen molar-refractivity contribution in [2.45, 2.75) is 18.2 Å². The topological polar surface area (TPSA) is 26.3 Å². The Labute approximate surface area is 83.3 Å². The van der Waals surface area contributed by atoms with E-state index in [1.54, 1.807) is 24.3 Å². The molecule has 0 saturated carbocycles. The molecular weight excluding hydrogens is 184 g/mol. The standard InChI is InChI=1S/C10H12O2S/c1-2-7-12-10(11)8-3-5-9(13)6-4-8/h3-6,13H,2,7H2,1H3. The molecule has 0 fully saturated rings. The predicted octanol–water partition coefficient (Wildman–Crippen LogP) is 2.54. The van der Waals surface area contributed by atoms with Gasteiger partial charge < -0.3 is 4.74 Å². The molecule has 0 bridgehead atoms. The zero-order valence-corrected chi connectivity index (χ0v) is 8.38. The number of carbonyl (C=O) groups excluding carboxylic acids is 1. The summed E-state index contributed by atoms with van der Waals surface area (Å²) >= 11 is 4.12. The third kappa shape index (κ3) is 3.11. The van der Waals surface area contributed by atoms with Gasteiger partial charge in [0.05, 0.1) is 12.2 Å². The monoisotopic (exact) mass is 196 g/mol. The van der Waals surface area contributed by atoms with Crippen LogP contribution in [0.3, 0.4) is 0 Å². The van der Waals surface area contributed by atoms with Crippen LogP contribution in [0.1, 0.15) is 23.7 Å². The van der Waals surface area contributed by atoms with Crippen molar-refractivity contribution in [1.82, 2.24) is 0 Å². The number of rotatable bonds is 3. The molecular formula is C10H12O2S. The zero-order valence-electron chi connectivity index (χ0n) is 7.49. The molecule has 1 rings (SSSR count). The number of thiol groups is 1. The van der Waals surface area contributed by atoms with E-state index in [2.05, 4.69) is 12.6 Å². The molecule has 0 aromatic heterocycles. The Morgan fingerprint density at radius 1 is 1.38 bits per heavy atom. The molecule has 0 radical (unpaired) electrons. The van der Waals surface area contributed by atoms with E-state index in [1.807, 2.05) is 6.92 Å². The number of hydrogen-bond donors (Lipinski definition) is 1. The molecule has 1 aromatic rings. The highest BCUT2D eigenvalue weighted by molar-refractivity contribution is 7.80. The molecule has 0 saturated heterocycles. The van der Waals surface area contributed by atoms with Crippen LogP contribution in [0.5, 0.6) is 0 Å². The van der Waals surface area contributed by atoms with E-state index in [1.165, 1.54) is 0 Å². The van der Waals surface area contributed by atoms with Crippen LogP contribution in [-0.2, 0) is 4.74 Å². The predicted molar refractivity (Wildman–Crippen MR) is 54.3 cm³/mol. The van der Waals surface area contributed by atoms with Crippen molar-refractivity contribution in [3.05, 3.63) is 29.8 Å². The van der Waals surface area contributed by atoms with Crippen LogP contribution in [0.15, 0.2) is 29.2 Å². The molecule has 0 aliphatic carbocycles. The average Bonchev–Trinajstić information content (AvgIpc) is 2.15. The lowest BCUT2D eigenvalue weighted by Gasteiger charge is -2.02. The Bertz CT molecular complexity index is 279. The number of hydrogen-bond acceptors (Lipinski definition) is 3. The van der Waals surface area contributed by atoms with E-state index >= 15 is 0 Å². The fourth-order valence-electron chi connectivity index (χ4n) is 0.876. The summed E-state index contributed by atoms with van der Waals surface area (Å²) in [5, 5.41) is 0. The lowest BCUT2D eigenvalue weighted by atomic mass is 10.2. The van der Waals surface area contributed by atoms with Gasteiger partial charge in [0, 0.05) is 4.90 Å². The van der Waals surface area contributed by atoms with Gasteiger partial charge in [0.1, 0.15) is 0 Å². The summed E-state index contributed by atoms with van der Waals surface area (Å²) < 4.78 is 4.95. The molecule has 0 aliphatic rings. The summed E-state index contributed by atoms with van der Waals surface area (Å²) in [5.74, 6) is -0.268. The van der Waals surface area contributed by atoms with Crippen molar-refractivity contribution in [3.63, 3.8) is 0 Å². The minimum atomic E-state index is -0.268. The molecule has 13 heavy (non-hydrogen) atoms. The second-order valence-electron chi connectivity index (χ2n) is 2.68. The van der Waals surface area contributed by atoms with E-state index in [-0.39, 0.29) is 5.97 Å². The Balaban J connectivity index is 2.61. The van der Waals surface area contributed by atoms with Gasteiger partial charge in [0.25, 0.3) is 0 Å². The summed E-state index contributed by atoms with van der Waals surface area (Å²) in [6.07, 6.45) is 0.844. The SMILES string of the molecule is CCCOC(=O)c1ccc(S)cc1. The van der Waals surface area contributed by atoms with Crippen LogP contribution in [0.2, 0.25) is 0 Å². The van der Waals surface area contributed by atoms with Crippen molar-refractivity contribution in [3.8, 4) is 0 Å². The normalized spacial score (nSPS) is 9.69. The molecule has 0 atom stereocenters. The Morgan fingerprint density at radius 2 is 2.00 bits per heavy atom. The lowest BCUT2D eigenvalue weighted by Crippen LogP contribution is -2.05. The Morgan fingerprint density at radius 3 is 2.54 bits per heavy atom. The van der Waals surface area contributed by atoms with Gasteiger partial charge in [-0.3, -0.25) is 0 Å². The summed E-state index contributed by atoms with van der Waals surface area (Å²) in [4.78, 5) is 12.1. The minimum Gasteiger partial charge on any atom is -0.462 e. The van der Waals surface area contributed by atoms with Gasteiger partial charge >= 0.3 is 5.97 Å². The highest BCUT2D eigenvalue weighted by atomic mass is 32.1. The first-order chi connectivity index (χ1) is 6.24. The number of benzene rings is 1. The van der Waals surface area contributed by atoms with E-state index in [4.69, 9.17) is 4.74 Å². The Kier molecular flexibility index (Phi) is 3.83. The van der Waals surface area contributed by atoms with Crippen molar-refractivity contribution < 1.29 is 9.53 Å². The molecule has 0 heterocycles. The van der Waals surface area contributed by atoms with Crippen LogP contribution in [0.4, 0.5) is 0 Å². The first kappa shape index (κ1) is 10.1. The van der Waals surface area contributed by atoms with Crippen LogP contribution in [-0.4, -0.2) is 12.6 Å². The van der Waals surface area contributed by atoms with E-state index in [0.717, 1.165) is 11.3 Å². The van der Waals surface area contributed by atoms with Gasteiger partial charge in [0.2, 0.25) is 0 Å². The second-order valence-corrected chi connectivity index (χ2v) is 3.20. The largest absolute Gasteiger partial charge is 0.462 e. The molecule has 3 heteroatoms. The molecule has 0 amide bonds. The van der Waals surface area contributed by atoms with Crippen LogP contribution < -0.4 is 0 Å². The molecule has 0 aliphatic heterocycles. The number of esters is 1. The maximum atomic E-state index is 11.3. The summed E-state index contributed by atoms with van der Waals surface area (Å²) in [7, 11) is 0. The van der Waals surface area contributed by atoms with E-state index < -0.39 is 0 Å². The van der Waals surface area contributed by atoms with Crippen molar-refractivity contribution in [1.29, 1.82) is 0 Å². The van der Waals surface area contributed by atoms with Gasteiger partial charge in [-0.05, 0) is 30.7 Å². The van der Waals surface area contributed by atoms with Gasteiger partial charge in [-0.25, -0.2) is 4.79 Å². The fourth-order valence-corrected chi connectivity index (χ4v) is 1.02. The van der Waals surface area contributed by atoms with Gasteiger partial charge in [-0.1, -0.05) is 6.92 Å². The molecule has 70 valence electrons. The Hall–Kier alpha value is -0.960. The van der Waals surface area contributed by atoms with Crippen LogP contribution in [0.25, 0.3) is 0 Å². The maximum Gasteiger partial charge on any atom is 0.338 e. The van der Waals surface area contributed by atoms with Crippen LogP contribution in [0, 0.1) is 0 Å². The highest BCUT2D eigenvalue weighted by Gasteiger charge is 2.04. The van der Waals surface area contributed by atoms with Crippen molar-refractivity contribution in [2.24, 2.45) is 0 Å². The van der Waals surface area contributed by atoms with Crippen LogP contribution >= 0.6 is 12.6 Å². The summed E-state index contributed by atoms with van der Waals surface area (Å²) in [5.41, 5.74) is 0.575. The van der Waals surface area contributed by atoms with Gasteiger partial charge in [-0.2, -0.15) is 0 Å². The van der Waals surface area contributed by atoms with E-state index in [0.29, 0.717) is 12.2 Å². The smallest absolute Gasteiger partial charge is 0.338 e. The number of carbonyl (C=O) groups is 1. The first-order valence-corrected chi connectivity index (χ1v) is 4.65. The molecule has 0 unspecified atom stereocenters. The van der Waals surface area contributed by atoms with Gasteiger partial charge in [-0.15, -0.1) is 12.6 Å². The van der Waals surface area contributed by atoms with E-state index in [9.17, 15) is 4.79 Å². The third-order valence-corrected chi connectivity index (χ3v) is 1.84. The molecule has 1 aromatic carbocycles. The first-order valence-electron chi connectivity index (χ1n) is 4.20. The second kappa shape index (κ2) is 4.92. The zero-order chi connectivity index (χ0) is 9.68. The quantitative estimate of drug-likeness (QED) is 0.594. The summed E-state index contributed by atoms with van der Waals surface area (Å²) in [6.45, 7) is 2.44. The molecule has 0 spiro atoms.